The van der Waals surface area contributed by atoms with Crippen molar-refractivity contribution in [3.05, 3.63) is 42.0 Å². The second-order valence-electron chi connectivity index (χ2n) is 5.67. The van der Waals surface area contributed by atoms with Crippen LogP contribution in [0.25, 0.3) is 0 Å². The van der Waals surface area contributed by atoms with Crippen molar-refractivity contribution in [1.82, 2.24) is 4.90 Å². The number of nitrogens with zero attached hydrogens (tertiary/aromatic N) is 1. The molecule has 0 saturated carbocycles. The van der Waals surface area contributed by atoms with E-state index in [9.17, 15) is 16.8 Å². The number of rotatable bonds is 7. The topological polar surface area (TPSA) is 97.5 Å². The Kier molecular flexibility index (Phi) is 5.82. The minimum Gasteiger partial charge on any atom is -0.309 e. The second kappa shape index (κ2) is 7.32. The summed E-state index contributed by atoms with van der Waals surface area (Å²) < 4.78 is 47.5. The first-order valence-corrected chi connectivity index (χ1v) is 11.1. The van der Waals surface area contributed by atoms with Gasteiger partial charge in [-0.2, -0.15) is 0 Å². The first-order valence-electron chi connectivity index (χ1n) is 7.22. The molecule has 0 saturated heterocycles. The van der Waals surface area contributed by atoms with E-state index >= 15 is 0 Å². The lowest BCUT2D eigenvalue weighted by atomic mass is 10.1. The van der Waals surface area contributed by atoms with E-state index < -0.39 is 19.9 Å². The van der Waals surface area contributed by atoms with Gasteiger partial charge in [-0.1, -0.05) is 12.1 Å². The van der Waals surface area contributed by atoms with Crippen LogP contribution in [0.2, 0.25) is 0 Å². The lowest BCUT2D eigenvalue weighted by molar-refractivity contribution is 0.400. The minimum absolute atomic E-state index is 0.0353. The third-order valence-corrected chi connectivity index (χ3v) is 8.19. The molecule has 6 nitrogen and oxygen atoms in total. The average molecular weight is 389 g/mol. The number of sulfone groups is 1. The molecule has 1 aromatic heterocycles. The number of aryl methyl sites for hydroxylation is 1. The fraction of sp³-hybridized carbons (Fsp3) is 0.333. The first-order chi connectivity index (χ1) is 11.1. The van der Waals surface area contributed by atoms with E-state index in [-0.39, 0.29) is 13.3 Å². The van der Waals surface area contributed by atoms with Gasteiger partial charge in [0.25, 0.3) is 0 Å². The maximum atomic E-state index is 12.6. The van der Waals surface area contributed by atoms with Crippen LogP contribution in [0.15, 0.2) is 49.7 Å². The molecular formula is C15H20N2O4S3. The second-order valence-corrected chi connectivity index (χ2v) is 10.7. The van der Waals surface area contributed by atoms with Gasteiger partial charge in [-0.3, -0.25) is 0 Å². The molecule has 0 amide bonds. The fourth-order valence-electron chi connectivity index (χ4n) is 2.15. The predicted octanol–water partition coefficient (Wildman–Crippen LogP) is 1.72. The average Bonchev–Trinajstić information content (AvgIpc) is 2.98. The normalized spacial score (nSPS) is 12.7. The summed E-state index contributed by atoms with van der Waals surface area (Å²) in [6.45, 7) is 0.964. The first kappa shape index (κ1) is 19.1. The van der Waals surface area contributed by atoms with Crippen LogP contribution in [0, 0.1) is 0 Å². The van der Waals surface area contributed by atoms with Gasteiger partial charge < -0.3 is 4.90 Å². The molecule has 0 fully saturated rings. The molecule has 2 N–H and O–H groups in total. The standard InChI is InChI=1S/C15H20N2O4S3/c1-17(2)11-3-4-12-5-7-13(8-6-12)23(18,19)14-9-10-15(22-14)24(16,20)21/h5-10H,3-4,11H2,1-2H3,(H2,16,20,21). The molecule has 0 aliphatic rings. The summed E-state index contributed by atoms with van der Waals surface area (Å²) in [5.41, 5.74) is 1.06. The third kappa shape index (κ3) is 4.64. The van der Waals surface area contributed by atoms with Crippen molar-refractivity contribution in [2.45, 2.75) is 26.2 Å². The van der Waals surface area contributed by atoms with E-state index in [2.05, 4.69) is 4.90 Å². The van der Waals surface area contributed by atoms with Gasteiger partial charge in [-0.25, -0.2) is 22.0 Å². The number of hydrogen-bond acceptors (Lipinski definition) is 6. The fourth-order valence-corrected chi connectivity index (χ4v) is 5.74. The highest BCUT2D eigenvalue weighted by molar-refractivity contribution is 7.95. The minimum atomic E-state index is -3.90. The molecule has 0 spiro atoms. The van der Waals surface area contributed by atoms with Gasteiger partial charge in [0.05, 0.1) is 4.90 Å². The summed E-state index contributed by atoms with van der Waals surface area (Å²) in [7, 11) is -3.62. The summed E-state index contributed by atoms with van der Waals surface area (Å²) in [5, 5.41) is 5.02. The highest BCUT2D eigenvalue weighted by atomic mass is 32.3. The zero-order valence-electron chi connectivity index (χ0n) is 13.5. The number of sulfonamides is 1. The molecule has 24 heavy (non-hydrogen) atoms. The number of nitrogens with two attached hydrogens (primary N) is 1. The Morgan fingerprint density at radius 3 is 2.04 bits per heavy atom. The van der Waals surface area contributed by atoms with Gasteiger partial charge in [0.15, 0.2) is 0 Å². The maximum Gasteiger partial charge on any atom is 0.247 e. The Morgan fingerprint density at radius 1 is 0.958 bits per heavy atom. The van der Waals surface area contributed by atoms with Crippen molar-refractivity contribution in [2.75, 3.05) is 20.6 Å². The Bertz CT molecular complexity index is 898. The van der Waals surface area contributed by atoms with Crippen LogP contribution in [0.1, 0.15) is 12.0 Å². The summed E-state index contributed by atoms with van der Waals surface area (Å²) in [6.07, 6.45) is 1.86. The molecule has 9 heteroatoms. The summed E-state index contributed by atoms with van der Waals surface area (Å²) in [6, 6.07) is 9.16. The van der Waals surface area contributed by atoms with Gasteiger partial charge in [-0.15, -0.1) is 11.3 Å². The highest BCUT2D eigenvalue weighted by Crippen LogP contribution is 2.29. The molecule has 1 aromatic carbocycles. The van der Waals surface area contributed by atoms with E-state index in [0.717, 1.165) is 24.9 Å². The van der Waals surface area contributed by atoms with Crippen molar-refractivity contribution in [1.29, 1.82) is 0 Å². The Morgan fingerprint density at radius 2 is 1.54 bits per heavy atom. The van der Waals surface area contributed by atoms with Crippen LogP contribution in [-0.2, 0) is 26.3 Å². The molecule has 0 aliphatic carbocycles. The third-order valence-electron chi connectivity index (χ3n) is 3.41. The molecule has 0 aliphatic heterocycles. The monoisotopic (exact) mass is 388 g/mol. The molecule has 0 bridgehead atoms. The number of hydrogen-bond donors (Lipinski definition) is 1. The zero-order chi connectivity index (χ0) is 18.0. The van der Waals surface area contributed by atoms with Gasteiger partial charge in [-0.05, 0) is 63.3 Å². The van der Waals surface area contributed by atoms with E-state index in [0.29, 0.717) is 11.3 Å². The van der Waals surface area contributed by atoms with Crippen LogP contribution in [-0.4, -0.2) is 42.4 Å². The van der Waals surface area contributed by atoms with Crippen LogP contribution in [0.3, 0.4) is 0 Å². The smallest absolute Gasteiger partial charge is 0.247 e. The molecule has 1 heterocycles. The lowest BCUT2D eigenvalue weighted by Gasteiger charge is -2.09. The van der Waals surface area contributed by atoms with E-state index in [1.807, 2.05) is 14.1 Å². The Hall–Kier alpha value is -1.26. The maximum absolute atomic E-state index is 12.6. The van der Waals surface area contributed by atoms with Crippen LogP contribution >= 0.6 is 11.3 Å². The van der Waals surface area contributed by atoms with Crippen LogP contribution in [0.5, 0.6) is 0 Å². The van der Waals surface area contributed by atoms with Crippen LogP contribution < -0.4 is 5.14 Å². The van der Waals surface area contributed by atoms with Gasteiger partial charge in [0.1, 0.15) is 8.42 Å². The van der Waals surface area contributed by atoms with Crippen molar-refractivity contribution < 1.29 is 16.8 Å². The van der Waals surface area contributed by atoms with E-state index in [1.54, 1.807) is 24.3 Å². The van der Waals surface area contributed by atoms with Gasteiger partial charge in [0, 0.05) is 0 Å². The van der Waals surface area contributed by atoms with Gasteiger partial charge in [0.2, 0.25) is 19.9 Å². The predicted molar refractivity (Wildman–Crippen MR) is 94.5 cm³/mol. The van der Waals surface area contributed by atoms with Gasteiger partial charge >= 0.3 is 0 Å². The highest BCUT2D eigenvalue weighted by Gasteiger charge is 2.22. The zero-order valence-corrected chi connectivity index (χ0v) is 15.9. The lowest BCUT2D eigenvalue weighted by Crippen LogP contribution is -2.13. The van der Waals surface area contributed by atoms with Crippen molar-refractivity contribution >= 4 is 31.2 Å². The molecule has 0 radical (unpaired) electrons. The number of benzene rings is 1. The number of thiophene rings is 1. The van der Waals surface area contributed by atoms with Crippen molar-refractivity contribution in [3.8, 4) is 0 Å². The SMILES string of the molecule is CN(C)CCCc1ccc(S(=O)(=O)c2ccc(S(N)(=O)=O)s2)cc1. The molecule has 0 atom stereocenters. The van der Waals surface area contributed by atoms with E-state index in [1.165, 1.54) is 12.1 Å². The molecule has 2 rings (SSSR count). The molecule has 2 aromatic rings. The quantitative estimate of drug-likeness (QED) is 0.779. The molecular weight excluding hydrogens is 368 g/mol. The summed E-state index contributed by atoms with van der Waals surface area (Å²) in [5.74, 6) is 0. The Balaban J connectivity index is 2.19. The van der Waals surface area contributed by atoms with Crippen molar-refractivity contribution in [3.63, 3.8) is 0 Å². The van der Waals surface area contributed by atoms with Crippen LogP contribution in [0.4, 0.5) is 0 Å². The Labute approximate surface area is 146 Å². The van der Waals surface area contributed by atoms with E-state index in [4.69, 9.17) is 5.14 Å². The summed E-state index contributed by atoms with van der Waals surface area (Å²) in [4.78, 5) is 2.24. The summed E-state index contributed by atoms with van der Waals surface area (Å²) >= 11 is 0.656. The molecule has 132 valence electrons. The largest absolute Gasteiger partial charge is 0.309 e. The van der Waals surface area contributed by atoms with Crippen molar-refractivity contribution in [2.24, 2.45) is 5.14 Å². The molecule has 0 unspecified atom stereocenters. The number of primary sulfonamides is 1.